The van der Waals surface area contributed by atoms with Gasteiger partial charge in [0.1, 0.15) is 0 Å². The van der Waals surface area contributed by atoms with E-state index in [9.17, 15) is 0 Å². The van der Waals surface area contributed by atoms with E-state index in [4.69, 9.17) is 9.97 Å². The SMILES string of the molecule is c1ccc(-c2cc(-c3ccccc3)nc(-n3c4ccccc4c4c5ccccc5c5sc6ccccc6c5c43)n2)cc1. The van der Waals surface area contributed by atoms with Crippen molar-refractivity contribution in [3.05, 3.63) is 140 Å². The molecule has 0 radical (unpaired) electrons. The summed E-state index contributed by atoms with van der Waals surface area (Å²) in [5, 5.41) is 7.51. The Balaban J connectivity index is 1.51. The van der Waals surface area contributed by atoms with Gasteiger partial charge in [-0.1, -0.05) is 121 Å². The molecule has 0 fully saturated rings. The highest BCUT2D eigenvalue weighted by Crippen LogP contribution is 2.47. The smallest absolute Gasteiger partial charge is 0.235 e. The summed E-state index contributed by atoms with van der Waals surface area (Å²) in [6.07, 6.45) is 0. The number of fused-ring (bicyclic) bond motifs is 10. The van der Waals surface area contributed by atoms with Crippen molar-refractivity contribution in [1.82, 2.24) is 14.5 Å². The maximum atomic E-state index is 5.28. The maximum Gasteiger partial charge on any atom is 0.235 e. The summed E-state index contributed by atoms with van der Waals surface area (Å²) in [6, 6.07) is 49.2. The lowest BCUT2D eigenvalue weighted by atomic mass is 10.00. The number of hydrogen-bond acceptors (Lipinski definition) is 3. The zero-order chi connectivity index (χ0) is 27.6. The molecule has 4 heteroatoms. The van der Waals surface area contributed by atoms with Crippen LogP contribution < -0.4 is 0 Å². The van der Waals surface area contributed by atoms with Crippen LogP contribution in [0.4, 0.5) is 0 Å². The maximum absolute atomic E-state index is 5.28. The number of para-hydroxylation sites is 1. The normalized spacial score (nSPS) is 11.8. The van der Waals surface area contributed by atoms with E-state index in [0.717, 1.165) is 33.5 Å². The Morgan fingerprint density at radius 2 is 1.02 bits per heavy atom. The standard InChI is InChI=1S/C38H23N3S/c1-3-13-24(14-4-1)30-23-31(25-15-5-2-6-16-25)40-38(39-30)41-32-21-11-9-19-28(32)34-26-17-7-8-18-27(26)37-35(36(34)41)29-20-10-12-22-33(29)42-37/h1-23H. The van der Waals surface area contributed by atoms with Gasteiger partial charge in [-0.3, -0.25) is 4.57 Å². The van der Waals surface area contributed by atoms with Crippen LogP contribution in [0, 0.1) is 0 Å². The van der Waals surface area contributed by atoms with Crippen molar-refractivity contribution in [3.63, 3.8) is 0 Å². The number of aromatic nitrogens is 3. The summed E-state index contributed by atoms with van der Waals surface area (Å²) in [4.78, 5) is 10.6. The molecule has 0 N–H and O–H groups in total. The van der Waals surface area contributed by atoms with Gasteiger partial charge in [0, 0.05) is 47.5 Å². The van der Waals surface area contributed by atoms with E-state index >= 15 is 0 Å². The van der Waals surface area contributed by atoms with Gasteiger partial charge < -0.3 is 0 Å². The Hall–Kier alpha value is -5.32. The number of rotatable bonds is 3. The van der Waals surface area contributed by atoms with Gasteiger partial charge in [-0.2, -0.15) is 0 Å². The molecule has 6 aromatic carbocycles. The molecule has 0 bridgehead atoms. The highest BCUT2D eigenvalue weighted by atomic mass is 32.1. The van der Waals surface area contributed by atoms with Crippen LogP contribution in [0.5, 0.6) is 0 Å². The Morgan fingerprint density at radius 3 is 1.71 bits per heavy atom. The Kier molecular flexibility index (Phi) is 5.07. The highest BCUT2D eigenvalue weighted by molar-refractivity contribution is 7.27. The number of thiophene rings is 1. The van der Waals surface area contributed by atoms with Gasteiger partial charge in [0.25, 0.3) is 0 Å². The van der Waals surface area contributed by atoms with Crippen molar-refractivity contribution < 1.29 is 0 Å². The van der Waals surface area contributed by atoms with Gasteiger partial charge in [-0.05, 0) is 23.6 Å². The molecule has 0 aliphatic rings. The summed E-state index contributed by atoms with van der Waals surface area (Å²) < 4.78 is 4.88. The van der Waals surface area contributed by atoms with E-state index < -0.39 is 0 Å². The molecule has 0 saturated carbocycles. The lowest BCUT2D eigenvalue weighted by Crippen LogP contribution is -2.04. The monoisotopic (exact) mass is 553 g/mol. The van der Waals surface area contributed by atoms with Crippen LogP contribution in [0.1, 0.15) is 0 Å². The van der Waals surface area contributed by atoms with E-state index in [-0.39, 0.29) is 0 Å². The Bertz CT molecular complexity index is 2400. The van der Waals surface area contributed by atoms with Crippen molar-refractivity contribution in [2.75, 3.05) is 0 Å². The lowest BCUT2D eigenvalue weighted by Gasteiger charge is -2.13. The second kappa shape index (κ2) is 9.10. The molecule has 9 aromatic rings. The molecule has 0 saturated heterocycles. The third-order valence-corrected chi connectivity index (χ3v) is 9.41. The molecule has 9 rings (SSSR count). The van der Waals surface area contributed by atoms with Gasteiger partial charge >= 0.3 is 0 Å². The number of hydrogen-bond donors (Lipinski definition) is 0. The summed E-state index contributed by atoms with van der Waals surface area (Å²) in [5.74, 6) is 0.674. The average Bonchev–Trinajstić information content (AvgIpc) is 3.62. The summed E-state index contributed by atoms with van der Waals surface area (Å²) in [7, 11) is 0. The summed E-state index contributed by atoms with van der Waals surface area (Å²) in [6.45, 7) is 0. The molecule has 3 nitrogen and oxygen atoms in total. The first-order valence-electron chi connectivity index (χ1n) is 14.1. The molecule has 196 valence electrons. The van der Waals surface area contributed by atoms with Crippen LogP contribution in [-0.4, -0.2) is 14.5 Å². The molecule has 0 unspecified atom stereocenters. The van der Waals surface area contributed by atoms with Crippen LogP contribution in [-0.2, 0) is 0 Å². The van der Waals surface area contributed by atoms with Crippen LogP contribution in [0.25, 0.3) is 81.2 Å². The number of benzene rings is 6. The largest absolute Gasteiger partial charge is 0.277 e. The van der Waals surface area contributed by atoms with Gasteiger partial charge in [-0.25, -0.2) is 9.97 Å². The van der Waals surface area contributed by atoms with Gasteiger partial charge in [-0.15, -0.1) is 11.3 Å². The quantitative estimate of drug-likeness (QED) is 0.218. The molecule has 0 aliphatic carbocycles. The van der Waals surface area contributed by atoms with E-state index in [0.29, 0.717) is 5.95 Å². The Labute approximate surface area is 246 Å². The zero-order valence-corrected chi connectivity index (χ0v) is 23.3. The molecule has 42 heavy (non-hydrogen) atoms. The van der Waals surface area contributed by atoms with Crippen molar-refractivity contribution in [3.8, 4) is 28.5 Å². The van der Waals surface area contributed by atoms with Gasteiger partial charge in [0.2, 0.25) is 5.95 Å². The van der Waals surface area contributed by atoms with Crippen molar-refractivity contribution in [2.24, 2.45) is 0 Å². The average molecular weight is 554 g/mol. The van der Waals surface area contributed by atoms with Crippen LogP contribution >= 0.6 is 11.3 Å². The predicted molar refractivity (Wildman–Crippen MR) is 178 cm³/mol. The lowest BCUT2D eigenvalue weighted by molar-refractivity contribution is 0.998. The molecular formula is C38H23N3S. The van der Waals surface area contributed by atoms with Crippen LogP contribution in [0.3, 0.4) is 0 Å². The molecule has 0 aliphatic heterocycles. The molecule has 3 aromatic heterocycles. The highest BCUT2D eigenvalue weighted by Gasteiger charge is 2.23. The van der Waals surface area contributed by atoms with Crippen molar-refractivity contribution in [1.29, 1.82) is 0 Å². The van der Waals surface area contributed by atoms with E-state index in [1.54, 1.807) is 0 Å². The third kappa shape index (κ3) is 3.39. The minimum Gasteiger partial charge on any atom is -0.277 e. The zero-order valence-electron chi connectivity index (χ0n) is 22.5. The minimum atomic E-state index is 0.674. The van der Waals surface area contributed by atoms with E-state index in [1.165, 1.54) is 41.7 Å². The van der Waals surface area contributed by atoms with E-state index in [1.807, 2.05) is 23.5 Å². The van der Waals surface area contributed by atoms with Crippen molar-refractivity contribution >= 4 is 64.1 Å². The second-order valence-corrected chi connectivity index (χ2v) is 11.6. The summed E-state index contributed by atoms with van der Waals surface area (Å²) in [5.41, 5.74) is 6.19. The fourth-order valence-electron chi connectivity index (χ4n) is 6.37. The fraction of sp³-hybridized carbons (Fsp3) is 0. The molecule has 0 spiro atoms. The first-order valence-corrected chi connectivity index (χ1v) is 14.9. The topological polar surface area (TPSA) is 30.7 Å². The van der Waals surface area contributed by atoms with Crippen LogP contribution in [0.15, 0.2) is 140 Å². The first-order chi connectivity index (χ1) is 20.8. The molecule has 0 atom stereocenters. The van der Waals surface area contributed by atoms with Crippen molar-refractivity contribution in [2.45, 2.75) is 0 Å². The van der Waals surface area contributed by atoms with Gasteiger partial charge in [0.05, 0.1) is 22.4 Å². The van der Waals surface area contributed by atoms with E-state index in [2.05, 4.69) is 132 Å². The first kappa shape index (κ1) is 23.4. The van der Waals surface area contributed by atoms with Gasteiger partial charge in [0.15, 0.2) is 0 Å². The molecular weight excluding hydrogens is 531 g/mol. The predicted octanol–water partition coefficient (Wildman–Crippen LogP) is 10.4. The number of nitrogens with zero attached hydrogens (tertiary/aromatic N) is 3. The second-order valence-electron chi connectivity index (χ2n) is 10.6. The summed E-state index contributed by atoms with van der Waals surface area (Å²) >= 11 is 1.87. The van der Waals surface area contributed by atoms with Crippen LogP contribution in [0.2, 0.25) is 0 Å². The Morgan fingerprint density at radius 1 is 0.476 bits per heavy atom. The molecule has 3 heterocycles. The minimum absolute atomic E-state index is 0.674. The molecule has 0 amide bonds. The third-order valence-electron chi connectivity index (χ3n) is 8.20. The fourth-order valence-corrected chi connectivity index (χ4v) is 7.62.